The zero-order valence-electron chi connectivity index (χ0n) is 10.6. The Kier molecular flexibility index (Phi) is 2.71. The molecule has 0 unspecified atom stereocenters. The normalized spacial score (nSPS) is 11.1. The van der Waals surface area contributed by atoms with Gasteiger partial charge in [0.05, 0.1) is 16.7 Å². The molecule has 3 N–H and O–H groups in total. The van der Waals surface area contributed by atoms with Gasteiger partial charge in [0.25, 0.3) is 0 Å². The second-order valence-corrected chi connectivity index (χ2v) is 4.53. The highest BCUT2D eigenvalue weighted by Gasteiger charge is 2.08. The highest BCUT2D eigenvalue weighted by Crippen LogP contribution is 2.23. The van der Waals surface area contributed by atoms with Crippen molar-refractivity contribution < 1.29 is 4.39 Å². The fourth-order valence-electron chi connectivity index (χ4n) is 2.09. The van der Waals surface area contributed by atoms with Gasteiger partial charge in [-0.2, -0.15) is 0 Å². The maximum atomic E-state index is 13.5. The van der Waals surface area contributed by atoms with E-state index in [1.807, 2.05) is 6.07 Å². The van der Waals surface area contributed by atoms with Crippen LogP contribution in [0, 0.1) is 5.82 Å². The van der Waals surface area contributed by atoms with Crippen LogP contribution in [0.5, 0.6) is 0 Å². The molecule has 4 heteroatoms. The number of nitrogens with two attached hydrogens (primary N) is 1. The summed E-state index contributed by atoms with van der Waals surface area (Å²) in [5, 5.41) is 0. The van der Waals surface area contributed by atoms with Gasteiger partial charge in [0.2, 0.25) is 0 Å². The number of nitrogens with zero attached hydrogens (tertiary/aromatic N) is 1. The van der Waals surface area contributed by atoms with E-state index in [1.54, 1.807) is 12.1 Å². The van der Waals surface area contributed by atoms with Crippen LogP contribution in [-0.4, -0.2) is 9.97 Å². The summed E-state index contributed by atoms with van der Waals surface area (Å²) in [4.78, 5) is 7.68. The van der Waals surface area contributed by atoms with Crippen LogP contribution in [0.25, 0.3) is 22.4 Å². The lowest BCUT2D eigenvalue weighted by molar-refractivity contribution is 0.633. The van der Waals surface area contributed by atoms with Crippen molar-refractivity contribution in [3.63, 3.8) is 0 Å². The molecule has 96 valence electrons. The number of H-pyrrole nitrogens is 1. The van der Waals surface area contributed by atoms with Crippen LogP contribution in [0.1, 0.15) is 12.5 Å². The summed E-state index contributed by atoms with van der Waals surface area (Å²) in [6, 6.07) is 10.8. The Morgan fingerprint density at radius 2 is 2.05 bits per heavy atom. The van der Waals surface area contributed by atoms with Gasteiger partial charge in [-0.15, -0.1) is 0 Å². The third kappa shape index (κ3) is 2.05. The minimum absolute atomic E-state index is 0.146. The van der Waals surface area contributed by atoms with Gasteiger partial charge >= 0.3 is 0 Å². The quantitative estimate of drug-likeness (QED) is 0.688. The molecule has 3 aromatic rings. The van der Waals surface area contributed by atoms with Gasteiger partial charge in [-0.3, -0.25) is 0 Å². The Morgan fingerprint density at radius 3 is 2.79 bits per heavy atom. The zero-order valence-corrected chi connectivity index (χ0v) is 10.6. The number of hydrogen-bond donors (Lipinski definition) is 2. The summed E-state index contributed by atoms with van der Waals surface area (Å²) in [5.41, 5.74) is 9.40. The minimum atomic E-state index is -0.424. The molecule has 0 amide bonds. The number of hydrogen-bond acceptors (Lipinski definition) is 2. The molecular weight excluding hydrogens is 241 g/mol. The molecule has 0 saturated carbocycles. The summed E-state index contributed by atoms with van der Waals surface area (Å²) in [7, 11) is 0. The first kappa shape index (κ1) is 11.7. The Morgan fingerprint density at radius 1 is 1.21 bits per heavy atom. The van der Waals surface area contributed by atoms with Crippen molar-refractivity contribution in [2.24, 2.45) is 0 Å². The molecule has 19 heavy (non-hydrogen) atoms. The van der Waals surface area contributed by atoms with E-state index in [0.717, 1.165) is 17.5 Å². The molecule has 0 fully saturated rings. The molecule has 0 bridgehead atoms. The second kappa shape index (κ2) is 4.39. The summed E-state index contributed by atoms with van der Waals surface area (Å²) in [6.45, 7) is 2.10. The van der Waals surface area contributed by atoms with E-state index in [-0.39, 0.29) is 5.69 Å². The van der Waals surface area contributed by atoms with E-state index in [1.165, 1.54) is 11.6 Å². The molecule has 0 radical (unpaired) electrons. The molecular formula is C15H14FN3. The van der Waals surface area contributed by atoms with Gasteiger partial charge in [0, 0.05) is 5.56 Å². The predicted octanol–water partition coefficient (Wildman–Crippen LogP) is 3.51. The summed E-state index contributed by atoms with van der Waals surface area (Å²) >= 11 is 0. The zero-order chi connectivity index (χ0) is 13.4. The van der Waals surface area contributed by atoms with Gasteiger partial charge < -0.3 is 10.7 Å². The number of nitrogens with one attached hydrogen (secondary N) is 1. The molecule has 0 atom stereocenters. The summed E-state index contributed by atoms with van der Waals surface area (Å²) < 4.78 is 13.5. The number of imidazole rings is 1. The lowest BCUT2D eigenvalue weighted by atomic mass is 10.1. The van der Waals surface area contributed by atoms with Gasteiger partial charge in [-0.25, -0.2) is 9.37 Å². The Labute approximate surface area is 110 Å². The fourth-order valence-corrected chi connectivity index (χ4v) is 2.09. The van der Waals surface area contributed by atoms with E-state index in [9.17, 15) is 4.39 Å². The van der Waals surface area contributed by atoms with Crippen LogP contribution in [0.15, 0.2) is 36.4 Å². The largest absolute Gasteiger partial charge is 0.396 e. The molecule has 1 aromatic heterocycles. The number of nitrogen functional groups attached to an aromatic ring is 1. The average molecular weight is 255 g/mol. The van der Waals surface area contributed by atoms with Gasteiger partial charge in [0.1, 0.15) is 11.6 Å². The van der Waals surface area contributed by atoms with E-state index in [2.05, 4.69) is 29.0 Å². The van der Waals surface area contributed by atoms with Crippen LogP contribution in [0.3, 0.4) is 0 Å². The molecule has 0 aliphatic heterocycles. The monoisotopic (exact) mass is 255 g/mol. The van der Waals surface area contributed by atoms with Gasteiger partial charge in [-0.1, -0.05) is 13.0 Å². The standard InChI is InChI=1S/C15H14FN3/c1-2-9-3-6-13-14(7-9)19-15(18-13)10-4-5-12(17)11(16)8-10/h3-8H,2,17H2,1H3,(H,18,19). The third-order valence-electron chi connectivity index (χ3n) is 3.23. The predicted molar refractivity (Wildman–Crippen MR) is 75.3 cm³/mol. The van der Waals surface area contributed by atoms with Crippen molar-refractivity contribution in [1.29, 1.82) is 0 Å². The molecule has 0 aliphatic carbocycles. The van der Waals surface area contributed by atoms with Crippen molar-refractivity contribution in [3.8, 4) is 11.4 Å². The average Bonchev–Trinajstić information content (AvgIpc) is 2.84. The first-order chi connectivity index (χ1) is 9.17. The number of aromatic amines is 1. The first-order valence-electron chi connectivity index (χ1n) is 6.21. The maximum Gasteiger partial charge on any atom is 0.146 e. The van der Waals surface area contributed by atoms with E-state index in [0.29, 0.717) is 11.4 Å². The van der Waals surface area contributed by atoms with E-state index < -0.39 is 5.82 Å². The van der Waals surface area contributed by atoms with Crippen molar-refractivity contribution in [3.05, 3.63) is 47.8 Å². The van der Waals surface area contributed by atoms with Crippen molar-refractivity contribution in [2.45, 2.75) is 13.3 Å². The SMILES string of the molecule is CCc1ccc2nc(-c3ccc(N)c(F)c3)[nH]c2c1. The molecule has 3 rings (SSSR count). The fraction of sp³-hybridized carbons (Fsp3) is 0.133. The molecule has 0 spiro atoms. The Bertz CT molecular complexity index is 746. The number of rotatable bonds is 2. The highest BCUT2D eigenvalue weighted by molar-refractivity contribution is 5.80. The van der Waals surface area contributed by atoms with E-state index in [4.69, 9.17) is 5.73 Å². The topological polar surface area (TPSA) is 54.7 Å². The van der Waals surface area contributed by atoms with Crippen LogP contribution >= 0.6 is 0 Å². The van der Waals surface area contributed by atoms with Crippen LogP contribution in [0.4, 0.5) is 10.1 Å². The Hall–Kier alpha value is -2.36. The van der Waals surface area contributed by atoms with Crippen LogP contribution in [-0.2, 0) is 6.42 Å². The van der Waals surface area contributed by atoms with Crippen molar-refractivity contribution in [1.82, 2.24) is 9.97 Å². The number of aryl methyl sites for hydroxylation is 1. The van der Waals surface area contributed by atoms with Crippen LogP contribution < -0.4 is 5.73 Å². The molecule has 2 aromatic carbocycles. The van der Waals surface area contributed by atoms with Crippen LogP contribution in [0.2, 0.25) is 0 Å². The summed E-state index contributed by atoms with van der Waals surface area (Å²) in [5.74, 6) is 0.231. The number of halogens is 1. The molecule has 1 heterocycles. The first-order valence-corrected chi connectivity index (χ1v) is 6.21. The van der Waals surface area contributed by atoms with Gasteiger partial charge in [0.15, 0.2) is 0 Å². The number of benzene rings is 2. The lowest BCUT2D eigenvalue weighted by Crippen LogP contribution is -1.91. The van der Waals surface area contributed by atoms with Gasteiger partial charge in [-0.05, 0) is 42.3 Å². The maximum absolute atomic E-state index is 13.5. The Balaban J connectivity index is 2.11. The number of anilines is 1. The smallest absolute Gasteiger partial charge is 0.146 e. The second-order valence-electron chi connectivity index (χ2n) is 4.53. The lowest BCUT2D eigenvalue weighted by Gasteiger charge is -1.99. The summed E-state index contributed by atoms with van der Waals surface area (Å²) in [6.07, 6.45) is 0.973. The molecule has 3 nitrogen and oxygen atoms in total. The van der Waals surface area contributed by atoms with Crippen molar-refractivity contribution in [2.75, 3.05) is 5.73 Å². The van der Waals surface area contributed by atoms with Crippen molar-refractivity contribution >= 4 is 16.7 Å². The number of fused-ring (bicyclic) bond motifs is 1. The van der Waals surface area contributed by atoms with E-state index >= 15 is 0 Å². The number of aromatic nitrogens is 2. The molecule has 0 aliphatic rings. The molecule has 0 saturated heterocycles. The highest BCUT2D eigenvalue weighted by atomic mass is 19.1. The minimum Gasteiger partial charge on any atom is -0.396 e. The third-order valence-corrected chi connectivity index (χ3v) is 3.23.